The lowest BCUT2D eigenvalue weighted by molar-refractivity contribution is -0.187. The van der Waals surface area contributed by atoms with Gasteiger partial charge in [-0.15, -0.1) is 11.3 Å². The van der Waals surface area contributed by atoms with Crippen molar-refractivity contribution in [2.75, 3.05) is 33.1 Å². The van der Waals surface area contributed by atoms with Gasteiger partial charge in [-0.25, -0.2) is 4.98 Å². The molecule has 1 spiro atoms. The van der Waals surface area contributed by atoms with E-state index in [1.165, 1.54) is 54.6 Å². The highest BCUT2D eigenvalue weighted by molar-refractivity contribution is 8.01. The first-order chi connectivity index (χ1) is 19.1. The number of thioether (sulfide) groups is 1. The van der Waals surface area contributed by atoms with E-state index < -0.39 is 0 Å². The van der Waals surface area contributed by atoms with Gasteiger partial charge in [0.2, 0.25) is 0 Å². The molecule has 2 aromatic carbocycles. The van der Waals surface area contributed by atoms with Gasteiger partial charge in [0.15, 0.2) is 15.8 Å². The summed E-state index contributed by atoms with van der Waals surface area (Å²) in [5.41, 5.74) is 4.22. The second-order valence-corrected chi connectivity index (χ2v) is 14.8. The molecule has 1 saturated heterocycles. The Hall–Kier alpha value is -1.80. The molecule has 2 saturated carbocycles. The van der Waals surface area contributed by atoms with E-state index in [2.05, 4.69) is 48.2 Å². The Bertz CT molecular complexity index is 1390. The average molecular weight is 563 g/mol. The fourth-order valence-electron chi connectivity index (χ4n) is 9.22. The van der Waals surface area contributed by atoms with Gasteiger partial charge in [-0.3, -0.25) is 4.90 Å². The zero-order valence-corrected chi connectivity index (χ0v) is 24.8. The van der Waals surface area contributed by atoms with E-state index in [1.54, 1.807) is 7.11 Å². The van der Waals surface area contributed by atoms with Gasteiger partial charge in [0.05, 0.1) is 23.4 Å². The second kappa shape index (κ2) is 9.10. The van der Waals surface area contributed by atoms with Gasteiger partial charge in [0, 0.05) is 36.4 Å². The van der Waals surface area contributed by atoms with Crippen LogP contribution in [-0.4, -0.2) is 61.2 Å². The maximum absolute atomic E-state index is 7.10. The molecule has 206 valence electrons. The van der Waals surface area contributed by atoms with Crippen LogP contribution in [0.15, 0.2) is 40.7 Å². The summed E-state index contributed by atoms with van der Waals surface area (Å²) in [5.74, 6) is 4.20. The summed E-state index contributed by atoms with van der Waals surface area (Å²) in [6.07, 6.45) is 7.52. The van der Waals surface area contributed by atoms with Crippen LogP contribution in [0, 0.1) is 17.3 Å². The molecule has 8 rings (SSSR count). The van der Waals surface area contributed by atoms with Crippen LogP contribution in [0.1, 0.15) is 50.2 Å². The summed E-state index contributed by atoms with van der Waals surface area (Å²) in [7, 11) is 3.69. The highest BCUT2D eigenvalue weighted by Gasteiger charge is 2.74. The molecule has 3 fully saturated rings. The van der Waals surface area contributed by atoms with Gasteiger partial charge >= 0.3 is 0 Å². The molecule has 3 aliphatic carbocycles. The summed E-state index contributed by atoms with van der Waals surface area (Å²) in [4.78, 5) is 7.85. The highest BCUT2D eigenvalue weighted by Crippen LogP contribution is 2.71. The van der Waals surface area contributed by atoms with Crippen LogP contribution in [-0.2, 0) is 16.6 Å². The Morgan fingerprint density at radius 1 is 1.18 bits per heavy atom. The normalized spacial score (nSPS) is 34.6. The number of benzene rings is 2. The van der Waals surface area contributed by atoms with Crippen molar-refractivity contribution in [3.63, 3.8) is 0 Å². The van der Waals surface area contributed by atoms with Crippen LogP contribution >= 0.6 is 23.1 Å². The van der Waals surface area contributed by atoms with Gasteiger partial charge < -0.3 is 14.2 Å². The standard InChI is InChI=1S/C32H38N2O3S2/c1-4-31-16-21(18-38-30-33-22-7-5-6-8-24(22)39-30)27(36-3)29-32(31)13-14-34(17-19-9-10-19)25(31)15-20-11-12-23(35-2)28(37-29)26(20)32/h5-8,11-12,19,21,25,27,29H,4,9-10,13-18H2,1-3H3/t21-,25-,27?,29+,31-,32+/m1/s1. The van der Waals surface area contributed by atoms with E-state index in [1.807, 2.05) is 30.2 Å². The van der Waals surface area contributed by atoms with Gasteiger partial charge in [0.25, 0.3) is 0 Å². The van der Waals surface area contributed by atoms with E-state index >= 15 is 0 Å². The quantitative estimate of drug-likeness (QED) is 0.290. The van der Waals surface area contributed by atoms with Crippen molar-refractivity contribution in [2.45, 2.75) is 73.5 Å². The van der Waals surface area contributed by atoms with Crippen molar-refractivity contribution < 1.29 is 14.2 Å². The smallest absolute Gasteiger partial charge is 0.165 e. The Labute approximate surface area is 239 Å². The molecule has 0 N–H and O–H groups in total. The fraction of sp³-hybridized carbons (Fsp3) is 0.594. The number of likely N-dealkylation sites (tertiary alicyclic amines) is 1. The van der Waals surface area contributed by atoms with Crippen molar-refractivity contribution in [2.24, 2.45) is 17.3 Å². The number of hydrogen-bond acceptors (Lipinski definition) is 7. The van der Waals surface area contributed by atoms with Crippen LogP contribution in [0.4, 0.5) is 0 Å². The number of piperidine rings is 1. The SMILES string of the molecule is CC[C@]12C[C@H](CSc3nc4ccccc4s3)C(OC)[C@@H]3Oc4c(OC)ccc5c4[C@@]31CCN(CC1CC1)[C@@H]2C5. The van der Waals surface area contributed by atoms with Gasteiger partial charge in [-0.05, 0) is 86.1 Å². The summed E-state index contributed by atoms with van der Waals surface area (Å²) in [6.45, 7) is 4.89. The molecule has 3 heterocycles. The minimum Gasteiger partial charge on any atom is -0.493 e. The van der Waals surface area contributed by atoms with Crippen molar-refractivity contribution in [1.29, 1.82) is 0 Å². The van der Waals surface area contributed by atoms with Crippen molar-refractivity contribution in [3.8, 4) is 11.5 Å². The third kappa shape index (κ3) is 3.42. The minimum atomic E-state index is -0.0123. The molecule has 3 aromatic rings. The van der Waals surface area contributed by atoms with E-state index in [9.17, 15) is 0 Å². The lowest BCUT2D eigenvalue weighted by Crippen LogP contribution is -2.74. The molecule has 7 heteroatoms. The molecule has 5 nitrogen and oxygen atoms in total. The molecular weight excluding hydrogens is 524 g/mol. The van der Waals surface area contributed by atoms with Gasteiger partial charge in [-0.2, -0.15) is 0 Å². The first kappa shape index (κ1) is 25.0. The summed E-state index contributed by atoms with van der Waals surface area (Å²) >= 11 is 3.73. The zero-order chi connectivity index (χ0) is 26.4. The molecule has 2 bridgehead atoms. The molecule has 0 amide bonds. The average Bonchev–Trinajstić information content (AvgIpc) is 3.57. The van der Waals surface area contributed by atoms with Crippen LogP contribution in [0.5, 0.6) is 11.5 Å². The summed E-state index contributed by atoms with van der Waals surface area (Å²) < 4.78 is 21.9. The molecule has 1 aromatic heterocycles. The molecule has 0 radical (unpaired) electrons. The molecular formula is C32H38N2O3S2. The van der Waals surface area contributed by atoms with E-state index in [0.29, 0.717) is 12.0 Å². The minimum absolute atomic E-state index is 0.0123. The van der Waals surface area contributed by atoms with Crippen molar-refractivity contribution in [1.82, 2.24) is 9.88 Å². The first-order valence-corrected chi connectivity index (χ1v) is 16.5. The number of para-hydroxylation sites is 1. The number of hydrogen-bond donors (Lipinski definition) is 0. The van der Waals surface area contributed by atoms with Crippen molar-refractivity contribution in [3.05, 3.63) is 47.5 Å². The lowest BCUT2D eigenvalue weighted by Gasteiger charge is -2.68. The van der Waals surface area contributed by atoms with E-state index in [0.717, 1.165) is 45.9 Å². The lowest BCUT2D eigenvalue weighted by atomic mass is 9.41. The fourth-order valence-corrected chi connectivity index (χ4v) is 11.5. The Morgan fingerprint density at radius 2 is 2.05 bits per heavy atom. The monoisotopic (exact) mass is 562 g/mol. The van der Waals surface area contributed by atoms with E-state index in [4.69, 9.17) is 19.2 Å². The zero-order valence-electron chi connectivity index (χ0n) is 23.2. The van der Waals surface area contributed by atoms with Crippen LogP contribution in [0.25, 0.3) is 10.2 Å². The predicted molar refractivity (Wildman–Crippen MR) is 157 cm³/mol. The van der Waals surface area contributed by atoms with Crippen LogP contribution in [0.2, 0.25) is 0 Å². The molecule has 2 aliphatic heterocycles. The van der Waals surface area contributed by atoms with Crippen molar-refractivity contribution >= 4 is 33.3 Å². The first-order valence-electron chi connectivity index (χ1n) is 14.7. The largest absolute Gasteiger partial charge is 0.493 e. The predicted octanol–water partition coefficient (Wildman–Crippen LogP) is 6.57. The summed E-state index contributed by atoms with van der Waals surface area (Å²) in [6, 6.07) is 13.5. The number of methoxy groups -OCH3 is 2. The number of ether oxygens (including phenoxy) is 3. The summed E-state index contributed by atoms with van der Waals surface area (Å²) in [5, 5.41) is 0. The molecule has 6 atom stereocenters. The maximum Gasteiger partial charge on any atom is 0.165 e. The van der Waals surface area contributed by atoms with Gasteiger partial charge in [0.1, 0.15) is 6.10 Å². The number of rotatable bonds is 8. The topological polar surface area (TPSA) is 43.8 Å². The Morgan fingerprint density at radius 3 is 2.82 bits per heavy atom. The second-order valence-electron chi connectivity index (χ2n) is 12.5. The molecule has 5 aliphatic rings. The third-order valence-electron chi connectivity index (χ3n) is 11.0. The number of aromatic nitrogens is 1. The Balaban J connectivity index is 1.22. The van der Waals surface area contributed by atoms with E-state index in [-0.39, 0.29) is 23.0 Å². The van der Waals surface area contributed by atoms with Crippen LogP contribution < -0.4 is 9.47 Å². The number of nitrogens with zero attached hydrogens (tertiary/aromatic N) is 2. The van der Waals surface area contributed by atoms with Gasteiger partial charge in [-0.1, -0.05) is 36.9 Å². The number of fused-ring (bicyclic) bond motifs is 1. The molecule has 1 unspecified atom stereocenters. The third-order valence-corrected chi connectivity index (χ3v) is 13.3. The number of thiazole rings is 1. The van der Waals surface area contributed by atoms with Crippen LogP contribution in [0.3, 0.4) is 0 Å². The maximum atomic E-state index is 7.10. The Kier molecular flexibility index (Phi) is 5.82. The molecule has 39 heavy (non-hydrogen) atoms. The highest BCUT2D eigenvalue weighted by atomic mass is 32.2.